The van der Waals surface area contributed by atoms with E-state index in [0.717, 1.165) is 64.2 Å². The first-order chi connectivity index (χ1) is 38.0. The van der Waals surface area contributed by atoms with Crippen LogP contribution < -0.4 is 4.89 Å². The summed E-state index contributed by atoms with van der Waals surface area (Å²) in [5, 5.41) is 0. The molecule has 0 N–H and O–H groups in total. The first-order valence-corrected chi connectivity index (χ1v) is 33.8. The minimum Gasteiger partial charge on any atom is -0.756 e. The van der Waals surface area contributed by atoms with Gasteiger partial charge in [0.2, 0.25) is 0 Å². The summed E-state index contributed by atoms with van der Waals surface area (Å²) in [6.07, 6.45) is 79.6. The number of esters is 2. The summed E-state index contributed by atoms with van der Waals surface area (Å²) in [6, 6.07) is 0. The summed E-state index contributed by atoms with van der Waals surface area (Å²) in [5.74, 6) is -0.897. The SMILES string of the molecule is CC/C=C\C/C=C\C/C=C\C/C=C\C/C=C\C/C=C\C/C=C\CCCC(=O)OC(COC(=O)CCCCCCCCCCCCCCCCCCCCCCCCCCCCCCCCC)COP(=O)([O-])OCC[N+](C)(C)C. The fourth-order valence-electron chi connectivity index (χ4n) is 9.00. The van der Waals surface area contributed by atoms with Crippen molar-refractivity contribution in [2.24, 2.45) is 0 Å². The maximum Gasteiger partial charge on any atom is 0.306 e. The molecular weight excluding hydrogens is 990 g/mol. The zero-order valence-electron chi connectivity index (χ0n) is 51.3. The van der Waals surface area contributed by atoms with Gasteiger partial charge in [0.1, 0.15) is 19.8 Å². The summed E-state index contributed by atoms with van der Waals surface area (Å²) in [4.78, 5) is 37.9. The average molecular weight is 1110 g/mol. The molecule has 0 radical (unpaired) electrons. The van der Waals surface area contributed by atoms with E-state index in [9.17, 15) is 19.0 Å². The molecule has 0 rings (SSSR count). The van der Waals surface area contributed by atoms with Gasteiger partial charge < -0.3 is 27.9 Å². The monoisotopic (exact) mass is 1110 g/mol. The van der Waals surface area contributed by atoms with E-state index in [2.05, 4.69) is 92.8 Å². The highest BCUT2D eigenvalue weighted by atomic mass is 31.2. The molecule has 0 saturated heterocycles. The highest BCUT2D eigenvalue weighted by molar-refractivity contribution is 7.45. The van der Waals surface area contributed by atoms with E-state index in [1.54, 1.807) is 0 Å². The van der Waals surface area contributed by atoms with E-state index in [0.29, 0.717) is 23.9 Å². The molecule has 10 heteroatoms. The fourth-order valence-corrected chi connectivity index (χ4v) is 9.73. The third kappa shape index (κ3) is 62.4. The number of carbonyl (C=O) groups is 2. The largest absolute Gasteiger partial charge is 0.756 e. The number of likely N-dealkylation sites (N-methyl/N-ethyl adjacent to an activating group) is 1. The van der Waals surface area contributed by atoms with Gasteiger partial charge in [-0.05, 0) is 64.2 Å². The standard InChI is InChI=1S/C68H122NO8P/c1-6-8-10-12-14-16-18-20-22-24-26-28-30-31-32-33-34-35-36-37-39-40-42-44-46-48-50-52-54-56-58-60-67(70)74-64-66(65-76-78(72,73)75-63-62-69(3,4)5)77-68(71)61-59-57-55-53-51-49-47-45-43-41-38-29-27-25-23-21-19-17-15-13-11-9-7-2/h9,11,15,17,21,23,27,29,41,43,47,49,53,55,66H,6-8,10,12-14,16,18-20,22,24-26,28,30-40,42,44-46,48,50-52,54,56-65H2,1-5H3/b11-9-,17-15-,23-21-,29-27-,43-41-,49-47-,55-53-. The molecule has 452 valence electrons. The van der Waals surface area contributed by atoms with Crippen molar-refractivity contribution >= 4 is 19.8 Å². The number of unbranched alkanes of at least 4 members (excludes halogenated alkanes) is 31. The van der Waals surface area contributed by atoms with Crippen LogP contribution in [-0.4, -0.2) is 70.0 Å². The van der Waals surface area contributed by atoms with E-state index < -0.39 is 32.5 Å². The van der Waals surface area contributed by atoms with Crippen LogP contribution in [0, 0.1) is 0 Å². The van der Waals surface area contributed by atoms with Gasteiger partial charge in [0.15, 0.2) is 6.10 Å². The molecule has 0 aliphatic heterocycles. The summed E-state index contributed by atoms with van der Waals surface area (Å²) in [6.45, 7) is 4.09. The van der Waals surface area contributed by atoms with Crippen LogP contribution in [0.3, 0.4) is 0 Å². The van der Waals surface area contributed by atoms with E-state index in [1.165, 1.54) is 180 Å². The van der Waals surface area contributed by atoms with Crippen molar-refractivity contribution in [3.05, 3.63) is 85.1 Å². The summed E-state index contributed by atoms with van der Waals surface area (Å²) >= 11 is 0. The van der Waals surface area contributed by atoms with Crippen molar-refractivity contribution in [3.63, 3.8) is 0 Å². The highest BCUT2D eigenvalue weighted by Crippen LogP contribution is 2.38. The molecule has 0 fully saturated rings. The van der Waals surface area contributed by atoms with Crippen LogP contribution in [-0.2, 0) is 32.7 Å². The molecule has 0 saturated carbocycles. The van der Waals surface area contributed by atoms with Gasteiger partial charge in [-0.25, -0.2) is 0 Å². The molecule has 0 aliphatic rings. The zero-order valence-corrected chi connectivity index (χ0v) is 52.2. The molecular formula is C68H122NO8P. The number of nitrogens with zero attached hydrogens (tertiary/aromatic N) is 1. The van der Waals surface area contributed by atoms with Gasteiger partial charge in [0, 0.05) is 12.8 Å². The summed E-state index contributed by atoms with van der Waals surface area (Å²) < 4.78 is 34.1. The predicted octanol–water partition coefficient (Wildman–Crippen LogP) is 20.0. The van der Waals surface area contributed by atoms with Crippen molar-refractivity contribution in [1.29, 1.82) is 0 Å². The molecule has 0 spiro atoms. The zero-order chi connectivity index (χ0) is 57.0. The van der Waals surface area contributed by atoms with Gasteiger partial charge in [-0.2, -0.15) is 0 Å². The Morgan fingerprint density at radius 1 is 0.410 bits per heavy atom. The van der Waals surface area contributed by atoms with Crippen LogP contribution in [0.5, 0.6) is 0 Å². The Bertz CT molecular complexity index is 1590. The Hall–Kier alpha value is -2.81. The molecule has 0 aromatic rings. The van der Waals surface area contributed by atoms with Gasteiger partial charge in [-0.1, -0.05) is 292 Å². The van der Waals surface area contributed by atoms with Crippen molar-refractivity contribution in [2.45, 2.75) is 290 Å². The molecule has 9 nitrogen and oxygen atoms in total. The lowest BCUT2D eigenvalue weighted by Crippen LogP contribution is -2.37. The number of quaternary nitrogens is 1. The molecule has 2 unspecified atom stereocenters. The van der Waals surface area contributed by atoms with Crippen LogP contribution in [0.4, 0.5) is 0 Å². The minimum atomic E-state index is -4.66. The Morgan fingerprint density at radius 2 is 0.731 bits per heavy atom. The predicted molar refractivity (Wildman–Crippen MR) is 332 cm³/mol. The second kappa shape index (κ2) is 58.8. The number of hydrogen-bond donors (Lipinski definition) is 0. The Kier molecular flexibility index (Phi) is 56.7. The maximum absolute atomic E-state index is 12.8. The van der Waals surface area contributed by atoms with Crippen molar-refractivity contribution in [2.75, 3.05) is 47.5 Å². The second-order valence-corrected chi connectivity index (χ2v) is 24.2. The Labute approximate surface area is 481 Å². The van der Waals surface area contributed by atoms with Crippen molar-refractivity contribution in [1.82, 2.24) is 0 Å². The normalized spacial score (nSPS) is 13.8. The Morgan fingerprint density at radius 3 is 1.08 bits per heavy atom. The third-order valence-electron chi connectivity index (χ3n) is 13.9. The second-order valence-electron chi connectivity index (χ2n) is 22.8. The van der Waals surface area contributed by atoms with Gasteiger partial charge in [0.25, 0.3) is 7.82 Å². The van der Waals surface area contributed by atoms with E-state index >= 15 is 0 Å². The Balaban J connectivity index is 4.12. The lowest BCUT2D eigenvalue weighted by molar-refractivity contribution is -0.870. The highest BCUT2D eigenvalue weighted by Gasteiger charge is 2.22. The van der Waals surface area contributed by atoms with Crippen molar-refractivity contribution in [3.8, 4) is 0 Å². The van der Waals surface area contributed by atoms with Crippen LogP contribution in [0.1, 0.15) is 284 Å². The molecule has 0 aromatic carbocycles. The first kappa shape index (κ1) is 75.2. The molecule has 0 aliphatic carbocycles. The minimum absolute atomic E-state index is 0.0446. The number of rotatable bonds is 59. The number of carbonyl (C=O) groups excluding carboxylic acids is 2. The molecule has 0 aromatic heterocycles. The summed E-state index contributed by atoms with van der Waals surface area (Å²) in [5.41, 5.74) is 0. The maximum atomic E-state index is 12.8. The topological polar surface area (TPSA) is 111 Å². The van der Waals surface area contributed by atoms with Crippen LogP contribution in [0.15, 0.2) is 85.1 Å². The molecule has 0 heterocycles. The van der Waals surface area contributed by atoms with E-state index in [4.69, 9.17) is 18.5 Å². The average Bonchev–Trinajstić information content (AvgIpc) is 3.40. The van der Waals surface area contributed by atoms with E-state index in [1.807, 2.05) is 27.2 Å². The number of phosphoric acid groups is 1. The van der Waals surface area contributed by atoms with Crippen LogP contribution in [0.25, 0.3) is 0 Å². The van der Waals surface area contributed by atoms with Crippen LogP contribution >= 0.6 is 7.82 Å². The van der Waals surface area contributed by atoms with Gasteiger partial charge in [0.05, 0.1) is 27.7 Å². The molecule has 78 heavy (non-hydrogen) atoms. The first-order valence-electron chi connectivity index (χ1n) is 32.3. The molecule has 0 amide bonds. The van der Waals surface area contributed by atoms with Gasteiger partial charge >= 0.3 is 11.9 Å². The van der Waals surface area contributed by atoms with E-state index in [-0.39, 0.29) is 26.1 Å². The number of allylic oxidation sites excluding steroid dienone is 14. The molecule has 0 bridgehead atoms. The van der Waals surface area contributed by atoms with Crippen molar-refractivity contribution < 1.29 is 42.1 Å². The third-order valence-corrected chi connectivity index (χ3v) is 14.9. The number of hydrogen-bond acceptors (Lipinski definition) is 8. The molecule has 2 atom stereocenters. The van der Waals surface area contributed by atoms with Gasteiger partial charge in [-0.3, -0.25) is 14.2 Å². The number of phosphoric ester groups is 1. The van der Waals surface area contributed by atoms with Crippen LogP contribution in [0.2, 0.25) is 0 Å². The number of ether oxygens (including phenoxy) is 2. The smallest absolute Gasteiger partial charge is 0.306 e. The quantitative estimate of drug-likeness (QED) is 0.0195. The summed E-state index contributed by atoms with van der Waals surface area (Å²) in [7, 11) is 1.13. The fraction of sp³-hybridized carbons (Fsp3) is 0.765. The lowest BCUT2D eigenvalue weighted by atomic mass is 10.0. The van der Waals surface area contributed by atoms with Gasteiger partial charge in [-0.15, -0.1) is 0 Å². The lowest BCUT2D eigenvalue weighted by Gasteiger charge is -2.28.